The molecule has 3 rings (SSSR count). The molecule has 8 heteroatoms. The van der Waals surface area contributed by atoms with E-state index in [1.165, 1.54) is 23.2 Å². The van der Waals surface area contributed by atoms with Crippen molar-refractivity contribution in [3.8, 4) is 11.5 Å². The fraction of sp³-hybridized carbons (Fsp3) is 0.158. The number of aromatic nitrogens is 1. The van der Waals surface area contributed by atoms with E-state index in [-0.39, 0.29) is 12.5 Å². The van der Waals surface area contributed by atoms with Crippen molar-refractivity contribution in [1.29, 1.82) is 0 Å². The van der Waals surface area contributed by atoms with E-state index in [1.807, 2.05) is 23.6 Å². The summed E-state index contributed by atoms with van der Waals surface area (Å²) in [6.07, 6.45) is 0. The van der Waals surface area contributed by atoms with Crippen LogP contribution in [-0.2, 0) is 11.4 Å². The van der Waals surface area contributed by atoms with Gasteiger partial charge in [0.25, 0.3) is 0 Å². The molecule has 0 fully saturated rings. The van der Waals surface area contributed by atoms with Crippen molar-refractivity contribution in [2.75, 3.05) is 12.0 Å². The Bertz CT molecular complexity index is 941. The van der Waals surface area contributed by atoms with Crippen LogP contribution in [0, 0.1) is 0 Å². The number of hydrogen-bond donors (Lipinski definition) is 0. The molecule has 1 amide bonds. The minimum absolute atomic E-state index is 0.164. The first kappa shape index (κ1) is 19.5. The van der Waals surface area contributed by atoms with E-state index in [9.17, 15) is 4.79 Å². The number of para-hydroxylation sites is 2. The van der Waals surface area contributed by atoms with Crippen LogP contribution in [0.25, 0.3) is 0 Å². The highest BCUT2D eigenvalue weighted by molar-refractivity contribution is 7.14. The molecular formula is C19H16Cl2N2O3S. The van der Waals surface area contributed by atoms with Gasteiger partial charge in [-0.25, -0.2) is 4.98 Å². The lowest BCUT2D eigenvalue weighted by atomic mass is 10.2. The monoisotopic (exact) mass is 422 g/mol. The number of anilines is 2. The third-order valence-corrected chi connectivity index (χ3v) is 4.91. The molecule has 27 heavy (non-hydrogen) atoms. The maximum Gasteiger partial charge on any atom is 0.230 e. The number of amides is 1. The van der Waals surface area contributed by atoms with Crippen LogP contribution in [0.15, 0.2) is 47.8 Å². The number of benzene rings is 2. The normalized spacial score (nSPS) is 10.5. The Morgan fingerprint density at radius 3 is 2.56 bits per heavy atom. The summed E-state index contributed by atoms with van der Waals surface area (Å²) >= 11 is 13.3. The summed E-state index contributed by atoms with van der Waals surface area (Å²) in [5.41, 5.74) is 1.32. The van der Waals surface area contributed by atoms with Gasteiger partial charge in [-0.2, -0.15) is 0 Å². The molecule has 0 aliphatic rings. The maximum absolute atomic E-state index is 12.3. The number of thiazole rings is 1. The van der Waals surface area contributed by atoms with Crippen LogP contribution in [0.3, 0.4) is 0 Å². The number of halogens is 2. The third kappa shape index (κ3) is 4.71. The molecule has 1 aromatic heterocycles. The second-order valence-electron chi connectivity index (χ2n) is 5.54. The van der Waals surface area contributed by atoms with E-state index in [4.69, 9.17) is 32.7 Å². The summed E-state index contributed by atoms with van der Waals surface area (Å²) < 4.78 is 11.1. The molecule has 0 saturated heterocycles. The van der Waals surface area contributed by atoms with Crippen LogP contribution in [0.1, 0.15) is 12.6 Å². The molecular weight excluding hydrogens is 407 g/mol. The minimum Gasteiger partial charge on any atom is -0.495 e. The molecule has 2 aromatic carbocycles. The van der Waals surface area contributed by atoms with E-state index < -0.39 is 0 Å². The molecule has 0 bridgehead atoms. The Balaban J connectivity index is 1.81. The molecule has 3 aromatic rings. The third-order valence-electron chi connectivity index (χ3n) is 3.59. The summed E-state index contributed by atoms with van der Waals surface area (Å²) in [7, 11) is 1.56. The van der Waals surface area contributed by atoms with E-state index >= 15 is 0 Å². The molecule has 0 radical (unpaired) electrons. The zero-order chi connectivity index (χ0) is 19.4. The fourth-order valence-electron chi connectivity index (χ4n) is 2.46. The standard InChI is InChI=1S/C19H16Cl2N2O3S/c1-12(24)23(17-5-3-4-6-18(17)25-2)19-22-15(11-27-19)10-26-16-8-13(20)7-14(21)9-16/h3-9,11H,10H2,1-2H3. The van der Waals surface area contributed by atoms with Gasteiger partial charge in [0.1, 0.15) is 18.1 Å². The van der Waals surface area contributed by atoms with Crippen molar-refractivity contribution in [2.45, 2.75) is 13.5 Å². The van der Waals surface area contributed by atoms with Gasteiger partial charge in [-0.3, -0.25) is 9.69 Å². The molecule has 0 aliphatic heterocycles. The number of hydrogen-bond acceptors (Lipinski definition) is 5. The number of nitrogens with zero attached hydrogens (tertiary/aromatic N) is 2. The second kappa shape index (κ2) is 8.61. The Labute approximate surface area is 171 Å². The number of carbonyl (C=O) groups is 1. The van der Waals surface area contributed by atoms with Gasteiger partial charge in [-0.15, -0.1) is 11.3 Å². The first-order chi connectivity index (χ1) is 13.0. The molecule has 5 nitrogen and oxygen atoms in total. The maximum atomic E-state index is 12.3. The van der Waals surface area contributed by atoms with Gasteiger partial charge >= 0.3 is 0 Å². The Kier molecular flexibility index (Phi) is 6.21. The topological polar surface area (TPSA) is 51.7 Å². The predicted molar refractivity (Wildman–Crippen MR) is 109 cm³/mol. The van der Waals surface area contributed by atoms with Crippen LogP contribution in [-0.4, -0.2) is 18.0 Å². The summed E-state index contributed by atoms with van der Waals surface area (Å²) in [6.45, 7) is 1.71. The highest BCUT2D eigenvalue weighted by Gasteiger charge is 2.21. The average Bonchev–Trinajstić information content (AvgIpc) is 3.08. The largest absolute Gasteiger partial charge is 0.495 e. The minimum atomic E-state index is -0.164. The van der Waals surface area contributed by atoms with Crippen molar-refractivity contribution >= 4 is 51.3 Å². The molecule has 0 unspecified atom stereocenters. The first-order valence-electron chi connectivity index (χ1n) is 7.95. The van der Waals surface area contributed by atoms with Crippen LogP contribution >= 0.6 is 34.5 Å². The molecule has 140 valence electrons. The van der Waals surface area contributed by atoms with Gasteiger partial charge in [0, 0.05) is 22.3 Å². The zero-order valence-electron chi connectivity index (χ0n) is 14.6. The van der Waals surface area contributed by atoms with Crippen LogP contribution in [0.5, 0.6) is 11.5 Å². The van der Waals surface area contributed by atoms with E-state index in [0.717, 1.165) is 0 Å². The highest BCUT2D eigenvalue weighted by Crippen LogP contribution is 2.35. The van der Waals surface area contributed by atoms with Gasteiger partial charge < -0.3 is 9.47 Å². The van der Waals surface area contributed by atoms with E-state index in [1.54, 1.807) is 31.4 Å². The van der Waals surface area contributed by atoms with Gasteiger partial charge in [0.15, 0.2) is 5.13 Å². The molecule has 0 N–H and O–H groups in total. The van der Waals surface area contributed by atoms with E-state index in [2.05, 4.69) is 4.98 Å². The van der Waals surface area contributed by atoms with Crippen LogP contribution < -0.4 is 14.4 Å². The number of methoxy groups -OCH3 is 1. The van der Waals surface area contributed by atoms with Gasteiger partial charge in [-0.05, 0) is 30.3 Å². The summed E-state index contributed by atoms with van der Waals surface area (Å²) in [5.74, 6) is 0.979. The number of rotatable bonds is 6. The quantitative estimate of drug-likeness (QED) is 0.509. The zero-order valence-corrected chi connectivity index (χ0v) is 16.9. The van der Waals surface area contributed by atoms with Gasteiger partial charge in [0.05, 0.1) is 18.5 Å². The summed E-state index contributed by atoms with van der Waals surface area (Å²) in [5, 5.41) is 3.37. The number of carbonyl (C=O) groups excluding carboxylic acids is 1. The number of ether oxygens (including phenoxy) is 2. The van der Waals surface area contributed by atoms with Crippen molar-refractivity contribution in [3.05, 3.63) is 63.6 Å². The fourth-order valence-corrected chi connectivity index (χ4v) is 3.83. The van der Waals surface area contributed by atoms with Gasteiger partial charge in [0.2, 0.25) is 5.91 Å². The Hall–Kier alpha value is -2.28. The van der Waals surface area contributed by atoms with Crippen LogP contribution in [0.4, 0.5) is 10.8 Å². The molecule has 0 aliphatic carbocycles. The Morgan fingerprint density at radius 2 is 1.89 bits per heavy atom. The molecule has 0 saturated carbocycles. The second-order valence-corrected chi connectivity index (χ2v) is 7.25. The lowest BCUT2D eigenvalue weighted by molar-refractivity contribution is -0.115. The first-order valence-corrected chi connectivity index (χ1v) is 9.58. The van der Waals surface area contributed by atoms with Crippen molar-refractivity contribution in [2.24, 2.45) is 0 Å². The average molecular weight is 423 g/mol. The lowest BCUT2D eigenvalue weighted by Crippen LogP contribution is -2.23. The predicted octanol–water partition coefficient (Wildman–Crippen LogP) is 5.72. The lowest BCUT2D eigenvalue weighted by Gasteiger charge is -2.20. The molecule has 0 spiro atoms. The van der Waals surface area contributed by atoms with E-state index in [0.29, 0.717) is 38.1 Å². The SMILES string of the molecule is COc1ccccc1N(C(C)=O)c1nc(COc2cc(Cl)cc(Cl)c2)cs1. The molecule has 0 atom stereocenters. The van der Waals surface area contributed by atoms with Crippen molar-refractivity contribution in [1.82, 2.24) is 4.98 Å². The summed E-state index contributed by atoms with van der Waals surface area (Å²) in [4.78, 5) is 18.3. The van der Waals surface area contributed by atoms with Gasteiger partial charge in [-0.1, -0.05) is 35.3 Å². The van der Waals surface area contributed by atoms with Crippen molar-refractivity contribution in [3.63, 3.8) is 0 Å². The smallest absolute Gasteiger partial charge is 0.230 e. The molecule has 1 heterocycles. The van der Waals surface area contributed by atoms with Crippen molar-refractivity contribution < 1.29 is 14.3 Å². The van der Waals surface area contributed by atoms with Crippen LogP contribution in [0.2, 0.25) is 10.0 Å². The Morgan fingerprint density at radius 1 is 1.19 bits per heavy atom. The summed E-state index contributed by atoms with van der Waals surface area (Å²) in [6, 6.07) is 12.3. The highest BCUT2D eigenvalue weighted by atomic mass is 35.5.